The molecule has 3 N–H and O–H groups in total. The fourth-order valence-electron chi connectivity index (χ4n) is 4.68. The summed E-state index contributed by atoms with van der Waals surface area (Å²) in [6, 6.07) is 12.3. The molecule has 0 radical (unpaired) electrons. The first-order valence-electron chi connectivity index (χ1n) is 13.3. The molecule has 1 aliphatic heterocycles. The molecule has 0 bridgehead atoms. The number of alkyl halides is 3. The summed E-state index contributed by atoms with van der Waals surface area (Å²) in [4.78, 5) is 23.5. The van der Waals surface area contributed by atoms with Crippen LogP contribution in [-0.2, 0) is 10.9 Å². The van der Waals surface area contributed by atoms with Crippen LogP contribution in [0.4, 0.5) is 41.9 Å². The lowest BCUT2D eigenvalue weighted by molar-refractivity contribution is -0.137. The molecule has 0 spiro atoms. The van der Waals surface area contributed by atoms with Gasteiger partial charge in [0.1, 0.15) is 18.0 Å². The molecule has 42 heavy (non-hydrogen) atoms. The van der Waals surface area contributed by atoms with Gasteiger partial charge in [-0.3, -0.25) is 4.79 Å². The van der Waals surface area contributed by atoms with Crippen LogP contribution in [0, 0.1) is 13.8 Å². The van der Waals surface area contributed by atoms with Gasteiger partial charge in [0, 0.05) is 54.9 Å². The lowest BCUT2D eigenvalue weighted by Gasteiger charge is -2.33. The fraction of sp³-hybridized carbons (Fsp3) is 0.310. The Kier molecular flexibility index (Phi) is 8.03. The first-order chi connectivity index (χ1) is 20.0. The van der Waals surface area contributed by atoms with Crippen molar-refractivity contribution in [1.82, 2.24) is 19.7 Å². The predicted octanol–water partition coefficient (Wildman–Crippen LogP) is 5.56. The monoisotopic (exact) mass is 580 g/mol. The molecule has 0 aliphatic carbocycles. The Balaban J connectivity index is 1.41. The van der Waals surface area contributed by atoms with Crippen LogP contribution in [0.15, 0.2) is 54.9 Å². The molecule has 1 fully saturated rings. The highest BCUT2D eigenvalue weighted by molar-refractivity contribution is 6.05. The fourth-order valence-corrected chi connectivity index (χ4v) is 4.68. The van der Waals surface area contributed by atoms with Crippen LogP contribution in [0.25, 0.3) is 5.82 Å². The second-order valence-electron chi connectivity index (χ2n) is 10.1. The number of morpholine rings is 1. The second kappa shape index (κ2) is 11.7. The summed E-state index contributed by atoms with van der Waals surface area (Å²) in [6.07, 6.45) is -3.31. The largest absolute Gasteiger partial charge is 0.416 e. The van der Waals surface area contributed by atoms with E-state index in [1.54, 1.807) is 34.8 Å². The van der Waals surface area contributed by atoms with E-state index in [0.717, 1.165) is 23.4 Å². The molecule has 2 aromatic heterocycles. The second-order valence-corrected chi connectivity index (χ2v) is 10.1. The highest BCUT2D eigenvalue weighted by Gasteiger charge is 2.33. The molecule has 1 saturated heterocycles. The molecule has 5 rings (SSSR count). The number of nitrogens with one attached hydrogen (secondary N) is 3. The number of nitrogens with zero attached hydrogens (tertiary/aromatic N) is 5. The summed E-state index contributed by atoms with van der Waals surface area (Å²) in [5, 5.41) is 13.6. The number of halogens is 3. The van der Waals surface area contributed by atoms with Crippen LogP contribution in [0.1, 0.15) is 34.1 Å². The lowest BCUT2D eigenvalue weighted by atomic mass is 10.1. The quantitative estimate of drug-likeness (QED) is 0.261. The van der Waals surface area contributed by atoms with Gasteiger partial charge in [-0.1, -0.05) is 6.07 Å². The van der Waals surface area contributed by atoms with Gasteiger partial charge in [-0.05, 0) is 56.7 Å². The van der Waals surface area contributed by atoms with Crippen LogP contribution in [0.2, 0.25) is 0 Å². The topological polar surface area (TPSA) is 109 Å². The number of carbonyl (C=O) groups excluding carboxylic acids is 1. The molecule has 1 amide bonds. The first-order valence-corrected chi connectivity index (χ1v) is 13.3. The van der Waals surface area contributed by atoms with Gasteiger partial charge in [-0.2, -0.15) is 23.0 Å². The van der Waals surface area contributed by atoms with Crippen molar-refractivity contribution in [3.8, 4) is 5.82 Å². The average molecular weight is 581 g/mol. The number of carbonyl (C=O) groups is 1. The number of hydrogen-bond donors (Lipinski definition) is 3. The molecule has 10 nitrogen and oxygen atoms in total. The lowest BCUT2D eigenvalue weighted by Crippen LogP contribution is -2.41. The first kappa shape index (κ1) is 28.9. The van der Waals surface area contributed by atoms with Crippen molar-refractivity contribution >= 4 is 34.6 Å². The molecule has 3 heterocycles. The third kappa shape index (κ3) is 6.46. The van der Waals surface area contributed by atoms with Gasteiger partial charge < -0.3 is 25.6 Å². The van der Waals surface area contributed by atoms with Crippen LogP contribution >= 0.6 is 0 Å². The van der Waals surface area contributed by atoms with Crippen molar-refractivity contribution in [3.05, 3.63) is 77.2 Å². The normalized spacial score (nSPS) is 15.4. The zero-order chi connectivity index (χ0) is 30.0. The molecular weight excluding hydrogens is 549 g/mol. The van der Waals surface area contributed by atoms with E-state index in [0.29, 0.717) is 54.2 Å². The van der Waals surface area contributed by atoms with E-state index in [-0.39, 0.29) is 11.7 Å². The highest BCUT2D eigenvalue weighted by Crippen LogP contribution is 2.34. The van der Waals surface area contributed by atoms with Gasteiger partial charge in [0.2, 0.25) is 0 Å². The van der Waals surface area contributed by atoms with Crippen LogP contribution in [0.3, 0.4) is 0 Å². The predicted molar refractivity (Wildman–Crippen MR) is 155 cm³/mol. The zero-order valence-electron chi connectivity index (χ0n) is 23.6. The van der Waals surface area contributed by atoms with Crippen molar-refractivity contribution in [2.75, 3.05) is 47.6 Å². The number of hydrogen-bond acceptors (Lipinski definition) is 8. The van der Waals surface area contributed by atoms with Gasteiger partial charge in [0.15, 0.2) is 5.82 Å². The van der Waals surface area contributed by atoms with E-state index in [4.69, 9.17) is 4.74 Å². The molecule has 0 unspecified atom stereocenters. The number of rotatable bonds is 7. The number of aromatic nitrogens is 4. The Bertz CT molecular complexity index is 1600. The number of benzene rings is 2. The van der Waals surface area contributed by atoms with Crippen LogP contribution in [-0.4, -0.2) is 58.5 Å². The average Bonchev–Trinajstić information content (AvgIpc) is 3.33. The van der Waals surface area contributed by atoms with Gasteiger partial charge in [-0.25, -0.2) is 9.97 Å². The molecule has 13 heteroatoms. The van der Waals surface area contributed by atoms with Crippen LogP contribution in [0.5, 0.6) is 0 Å². The molecule has 220 valence electrons. The van der Waals surface area contributed by atoms with Gasteiger partial charge in [0.05, 0.1) is 24.0 Å². The number of ether oxygens (including phenoxy) is 1. The summed E-state index contributed by atoms with van der Waals surface area (Å²) >= 11 is 0. The Morgan fingerprint density at radius 3 is 2.62 bits per heavy atom. The van der Waals surface area contributed by atoms with E-state index in [1.165, 1.54) is 12.4 Å². The standard InChI is InChI=1S/C29H31F3N8O2/c1-17-5-6-22(13-24(17)37-27-9-18(2)38-40(27)26-14-25(33-4)34-16-35-26)36-28(41)20-10-21(29(30,31)32)12-23(11-20)39-7-8-42-19(3)15-39/h5-6,9-14,16,19,37H,7-8,15H2,1-4H3,(H,36,41)(H,33,34,35)/t19-/m1/s1. The highest BCUT2D eigenvalue weighted by atomic mass is 19.4. The van der Waals surface area contributed by atoms with E-state index in [1.807, 2.05) is 32.9 Å². The Morgan fingerprint density at radius 1 is 1.07 bits per heavy atom. The molecule has 0 saturated carbocycles. The molecule has 4 aromatic rings. The zero-order valence-corrected chi connectivity index (χ0v) is 23.6. The Morgan fingerprint density at radius 2 is 1.88 bits per heavy atom. The summed E-state index contributed by atoms with van der Waals surface area (Å²) < 4.78 is 48.5. The molecule has 2 aromatic carbocycles. The minimum atomic E-state index is -4.61. The van der Waals surface area contributed by atoms with Gasteiger partial charge in [0.25, 0.3) is 5.91 Å². The maximum absolute atomic E-state index is 13.8. The van der Waals surface area contributed by atoms with E-state index in [2.05, 4.69) is 31.0 Å². The van der Waals surface area contributed by atoms with Crippen molar-refractivity contribution in [1.29, 1.82) is 0 Å². The number of anilines is 5. The van der Waals surface area contributed by atoms with Crippen molar-refractivity contribution in [2.24, 2.45) is 0 Å². The summed E-state index contributed by atoms with van der Waals surface area (Å²) in [6.45, 7) is 6.86. The smallest absolute Gasteiger partial charge is 0.375 e. The van der Waals surface area contributed by atoms with Crippen molar-refractivity contribution < 1.29 is 22.7 Å². The maximum atomic E-state index is 13.8. The van der Waals surface area contributed by atoms with E-state index in [9.17, 15) is 18.0 Å². The van der Waals surface area contributed by atoms with Crippen molar-refractivity contribution in [3.63, 3.8) is 0 Å². The minimum Gasteiger partial charge on any atom is -0.375 e. The Labute approximate surface area is 240 Å². The van der Waals surface area contributed by atoms with Gasteiger partial charge in [-0.15, -0.1) is 0 Å². The van der Waals surface area contributed by atoms with Crippen molar-refractivity contribution in [2.45, 2.75) is 33.1 Å². The molecular formula is C29H31F3N8O2. The van der Waals surface area contributed by atoms with E-state index < -0.39 is 17.6 Å². The molecule has 1 atom stereocenters. The third-order valence-corrected chi connectivity index (χ3v) is 6.83. The SMILES string of the molecule is CNc1cc(-n2nc(C)cc2Nc2cc(NC(=O)c3cc(N4CCO[C@H](C)C4)cc(C(F)(F)F)c3)ccc2C)ncn1. The maximum Gasteiger partial charge on any atom is 0.416 e. The van der Waals surface area contributed by atoms with Gasteiger partial charge >= 0.3 is 6.18 Å². The third-order valence-electron chi connectivity index (χ3n) is 6.83. The summed E-state index contributed by atoms with van der Waals surface area (Å²) in [7, 11) is 1.76. The number of aryl methyl sites for hydroxylation is 2. The minimum absolute atomic E-state index is 0.0909. The molecule has 1 aliphatic rings. The van der Waals surface area contributed by atoms with E-state index >= 15 is 0 Å². The Hall–Kier alpha value is -4.65. The number of amides is 1. The summed E-state index contributed by atoms with van der Waals surface area (Å²) in [5.41, 5.74) is 2.06. The van der Waals surface area contributed by atoms with Crippen LogP contribution < -0.4 is 20.9 Å². The summed E-state index contributed by atoms with van der Waals surface area (Å²) in [5.74, 6) is 1.14.